The minimum absolute atomic E-state index is 0.332. The van der Waals surface area contributed by atoms with Crippen molar-refractivity contribution in [2.45, 2.75) is 6.17 Å². The topological polar surface area (TPSA) is 89.8 Å². The van der Waals surface area contributed by atoms with E-state index in [1.807, 2.05) is 66.7 Å². The van der Waals surface area contributed by atoms with E-state index in [-0.39, 0.29) is 6.17 Å². The Labute approximate surface area is 145 Å². The SMILES string of the molecule is Nc1cccc(N2OC(c3cccc(N)n3)=NC2c2ccccc2)c1. The first-order chi connectivity index (χ1) is 12.2. The van der Waals surface area contributed by atoms with Gasteiger partial charge < -0.3 is 16.3 Å². The number of nitrogens with two attached hydrogens (primary N) is 2. The van der Waals surface area contributed by atoms with E-state index in [4.69, 9.17) is 21.3 Å². The summed E-state index contributed by atoms with van der Waals surface area (Å²) in [6.45, 7) is 0. The molecule has 1 aliphatic rings. The van der Waals surface area contributed by atoms with Crippen LogP contribution in [-0.4, -0.2) is 10.9 Å². The van der Waals surface area contributed by atoms with Crippen molar-refractivity contribution in [3.63, 3.8) is 0 Å². The largest absolute Gasteiger partial charge is 0.399 e. The van der Waals surface area contributed by atoms with Gasteiger partial charge in [-0.2, -0.15) is 5.06 Å². The highest BCUT2D eigenvalue weighted by Crippen LogP contribution is 2.34. The third-order valence-corrected chi connectivity index (χ3v) is 3.86. The van der Waals surface area contributed by atoms with Crippen LogP contribution in [0.15, 0.2) is 77.8 Å². The lowest BCUT2D eigenvalue weighted by Gasteiger charge is -2.23. The highest BCUT2D eigenvalue weighted by atomic mass is 16.7. The lowest BCUT2D eigenvalue weighted by atomic mass is 10.1. The van der Waals surface area contributed by atoms with E-state index in [1.165, 1.54) is 0 Å². The molecule has 0 bridgehead atoms. The summed E-state index contributed by atoms with van der Waals surface area (Å²) < 4.78 is 0. The minimum Gasteiger partial charge on any atom is -0.399 e. The predicted molar refractivity (Wildman–Crippen MR) is 98.8 cm³/mol. The van der Waals surface area contributed by atoms with Gasteiger partial charge in [0.2, 0.25) is 0 Å². The number of benzene rings is 2. The lowest BCUT2D eigenvalue weighted by Crippen LogP contribution is -2.24. The Hall–Kier alpha value is -3.54. The van der Waals surface area contributed by atoms with E-state index in [2.05, 4.69) is 4.98 Å². The predicted octanol–water partition coefficient (Wildman–Crippen LogP) is 3.14. The van der Waals surface area contributed by atoms with Gasteiger partial charge >= 0.3 is 0 Å². The molecule has 0 spiro atoms. The Morgan fingerprint density at radius 2 is 1.68 bits per heavy atom. The van der Waals surface area contributed by atoms with Gasteiger partial charge in [-0.1, -0.05) is 42.5 Å². The molecule has 1 aliphatic heterocycles. The Morgan fingerprint density at radius 3 is 2.44 bits per heavy atom. The summed E-state index contributed by atoms with van der Waals surface area (Å²) in [4.78, 5) is 15.0. The van der Waals surface area contributed by atoms with Crippen molar-refractivity contribution >= 4 is 23.1 Å². The van der Waals surface area contributed by atoms with Crippen LogP contribution in [0.25, 0.3) is 0 Å². The Morgan fingerprint density at radius 1 is 0.880 bits per heavy atom. The highest BCUT2D eigenvalue weighted by Gasteiger charge is 2.32. The maximum absolute atomic E-state index is 6.02. The molecule has 6 heteroatoms. The quantitative estimate of drug-likeness (QED) is 0.720. The zero-order valence-corrected chi connectivity index (χ0v) is 13.4. The molecule has 25 heavy (non-hydrogen) atoms. The minimum atomic E-state index is -0.332. The molecule has 3 aromatic rings. The maximum atomic E-state index is 6.02. The van der Waals surface area contributed by atoms with Crippen molar-refractivity contribution < 1.29 is 4.84 Å². The average Bonchev–Trinajstić information content (AvgIpc) is 3.08. The molecule has 0 saturated carbocycles. The van der Waals surface area contributed by atoms with Crippen molar-refractivity contribution in [2.75, 3.05) is 16.5 Å². The Kier molecular flexibility index (Phi) is 3.70. The molecule has 2 heterocycles. The normalized spacial score (nSPS) is 16.4. The second-order valence-corrected chi connectivity index (χ2v) is 5.68. The second kappa shape index (κ2) is 6.16. The van der Waals surface area contributed by atoms with Crippen molar-refractivity contribution in [1.29, 1.82) is 0 Å². The number of hydrogen-bond donors (Lipinski definition) is 2. The molecule has 2 aromatic carbocycles. The molecule has 6 nitrogen and oxygen atoms in total. The molecule has 124 valence electrons. The first-order valence-electron chi connectivity index (χ1n) is 7.89. The van der Waals surface area contributed by atoms with Crippen LogP contribution in [0, 0.1) is 0 Å². The zero-order valence-electron chi connectivity index (χ0n) is 13.4. The molecule has 0 radical (unpaired) electrons. The van der Waals surface area contributed by atoms with Crippen LogP contribution in [0.3, 0.4) is 0 Å². The number of aromatic nitrogens is 1. The van der Waals surface area contributed by atoms with Gasteiger partial charge in [0.25, 0.3) is 5.90 Å². The molecular formula is C19H17N5O. The van der Waals surface area contributed by atoms with Gasteiger partial charge in [0.05, 0.1) is 5.69 Å². The van der Waals surface area contributed by atoms with Crippen molar-refractivity contribution in [2.24, 2.45) is 4.99 Å². The first kappa shape index (κ1) is 15.0. The van der Waals surface area contributed by atoms with Crippen LogP contribution in [0.5, 0.6) is 0 Å². The first-order valence-corrected chi connectivity index (χ1v) is 7.89. The van der Waals surface area contributed by atoms with E-state index in [0.29, 0.717) is 23.1 Å². The number of pyridine rings is 1. The summed E-state index contributed by atoms with van der Waals surface area (Å²) in [5.74, 6) is 0.839. The van der Waals surface area contributed by atoms with Crippen molar-refractivity contribution in [1.82, 2.24) is 4.98 Å². The third-order valence-electron chi connectivity index (χ3n) is 3.86. The number of rotatable bonds is 3. The third kappa shape index (κ3) is 2.97. The van der Waals surface area contributed by atoms with Crippen LogP contribution in [-0.2, 0) is 4.84 Å². The number of anilines is 3. The van der Waals surface area contributed by atoms with Crippen LogP contribution >= 0.6 is 0 Å². The van der Waals surface area contributed by atoms with Gasteiger partial charge in [0.1, 0.15) is 11.5 Å². The van der Waals surface area contributed by atoms with E-state index < -0.39 is 0 Å². The van der Waals surface area contributed by atoms with Crippen LogP contribution in [0.2, 0.25) is 0 Å². The van der Waals surface area contributed by atoms with E-state index in [9.17, 15) is 0 Å². The molecule has 1 atom stereocenters. The smallest absolute Gasteiger partial charge is 0.270 e. The molecule has 1 aromatic heterocycles. The van der Waals surface area contributed by atoms with E-state index >= 15 is 0 Å². The van der Waals surface area contributed by atoms with Gasteiger partial charge in [0, 0.05) is 5.69 Å². The summed E-state index contributed by atoms with van der Waals surface area (Å²) in [5, 5.41) is 1.73. The summed E-state index contributed by atoms with van der Waals surface area (Å²) in [5.41, 5.74) is 14.8. The molecule has 0 fully saturated rings. The van der Waals surface area contributed by atoms with Crippen LogP contribution in [0.1, 0.15) is 17.4 Å². The Balaban J connectivity index is 1.77. The number of hydroxylamine groups is 1. The molecule has 4 N–H and O–H groups in total. The fourth-order valence-electron chi connectivity index (χ4n) is 2.70. The Bertz CT molecular complexity index is 926. The standard InChI is InChI=1S/C19H17N5O/c20-14-8-4-9-15(12-14)24-18(13-6-2-1-3-7-13)23-19(25-24)16-10-5-11-17(21)22-16/h1-12,18H,20H2,(H2,21,22). The van der Waals surface area contributed by atoms with Crippen LogP contribution < -0.4 is 16.5 Å². The maximum Gasteiger partial charge on any atom is 0.270 e. The lowest BCUT2D eigenvalue weighted by molar-refractivity contribution is 0.269. The molecule has 1 unspecified atom stereocenters. The monoisotopic (exact) mass is 331 g/mol. The van der Waals surface area contributed by atoms with E-state index in [1.54, 1.807) is 11.1 Å². The number of nitrogens with zero attached hydrogens (tertiary/aromatic N) is 3. The second-order valence-electron chi connectivity index (χ2n) is 5.68. The molecule has 0 saturated heterocycles. The van der Waals surface area contributed by atoms with Gasteiger partial charge in [-0.25, -0.2) is 9.98 Å². The van der Waals surface area contributed by atoms with Gasteiger partial charge in [-0.15, -0.1) is 0 Å². The summed E-state index contributed by atoms with van der Waals surface area (Å²) in [7, 11) is 0. The van der Waals surface area contributed by atoms with Crippen LogP contribution in [0.4, 0.5) is 17.2 Å². The molecule has 4 rings (SSSR count). The summed E-state index contributed by atoms with van der Waals surface area (Å²) >= 11 is 0. The molecular weight excluding hydrogens is 314 g/mol. The van der Waals surface area contributed by atoms with Crippen molar-refractivity contribution in [3.05, 3.63) is 84.1 Å². The van der Waals surface area contributed by atoms with Crippen molar-refractivity contribution in [3.8, 4) is 0 Å². The fourth-order valence-corrected chi connectivity index (χ4v) is 2.70. The zero-order chi connectivity index (χ0) is 17.2. The molecule has 0 amide bonds. The molecule has 0 aliphatic carbocycles. The van der Waals surface area contributed by atoms with Gasteiger partial charge in [0.15, 0.2) is 6.17 Å². The van der Waals surface area contributed by atoms with Gasteiger partial charge in [-0.3, -0.25) is 0 Å². The number of hydrogen-bond acceptors (Lipinski definition) is 6. The number of nitrogen functional groups attached to an aromatic ring is 2. The number of aliphatic imine (C=N–C) groups is 1. The van der Waals surface area contributed by atoms with Gasteiger partial charge in [-0.05, 0) is 35.9 Å². The highest BCUT2D eigenvalue weighted by molar-refractivity contribution is 5.94. The summed E-state index contributed by atoms with van der Waals surface area (Å²) in [6.07, 6.45) is -0.332. The van der Waals surface area contributed by atoms with E-state index in [0.717, 1.165) is 11.3 Å². The summed E-state index contributed by atoms with van der Waals surface area (Å²) in [6, 6.07) is 22.8. The fraction of sp³-hybridized carbons (Fsp3) is 0.0526. The average molecular weight is 331 g/mol.